The largest absolute Gasteiger partial charge is 0.534 e. The van der Waals surface area contributed by atoms with E-state index in [1.807, 2.05) is 0 Å². The van der Waals surface area contributed by atoms with Gasteiger partial charge in [0.1, 0.15) is 6.61 Å². The van der Waals surface area contributed by atoms with Crippen LogP contribution >= 0.6 is 0 Å². The number of hydrogen-bond donors (Lipinski definition) is 1. The van der Waals surface area contributed by atoms with Crippen LogP contribution in [0.1, 0.15) is 24.1 Å². The first kappa shape index (κ1) is 20.5. The van der Waals surface area contributed by atoms with E-state index in [1.54, 1.807) is 30.3 Å². The van der Waals surface area contributed by atoms with Crippen molar-refractivity contribution < 1.29 is 40.4 Å². The third kappa shape index (κ3) is 5.09. The summed E-state index contributed by atoms with van der Waals surface area (Å²) in [6.45, 7) is 1.19. The molecule has 0 aliphatic rings. The highest BCUT2D eigenvalue weighted by Crippen LogP contribution is 2.34. The molecular weight excluding hydrogens is 391 g/mol. The highest BCUT2D eigenvalue weighted by Gasteiger charge is 2.49. The van der Waals surface area contributed by atoms with E-state index < -0.39 is 33.3 Å². The molecule has 1 N–H and O–H groups in total. The molecule has 2 aromatic rings. The van der Waals surface area contributed by atoms with Gasteiger partial charge in [0.25, 0.3) is 0 Å². The number of hydrogen-bond acceptors (Lipinski definition) is 6. The highest BCUT2D eigenvalue weighted by atomic mass is 32.2. The Hall–Kier alpha value is -2.82. The second-order valence-electron chi connectivity index (χ2n) is 5.37. The van der Waals surface area contributed by atoms with Crippen LogP contribution in [0.4, 0.5) is 13.2 Å². The molecule has 1 heterocycles. The number of alkyl halides is 3. The predicted octanol–water partition coefficient (Wildman–Crippen LogP) is 3.08. The number of aromatic nitrogens is 1. The van der Waals surface area contributed by atoms with E-state index in [2.05, 4.69) is 9.17 Å². The van der Waals surface area contributed by atoms with Gasteiger partial charge in [0, 0.05) is 6.07 Å². The summed E-state index contributed by atoms with van der Waals surface area (Å²) in [6.07, 6.45) is 0.679. The third-order valence-electron chi connectivity index (χ3n) is 3.39. The van der Waals surface area contributed by atoms with Gasteiger partial charge >= 0.3 is 21.6 Å². The summed E-state index contributed by atoms with van der Waals surface area (Å²) in [5.74, 6) is -3.51. The Balaban J connectivity index is 2.38. The Kier molecular flexibility index (Phi) is 5.94. The van der Waals surface area contributed by atoms with E-state index in [-0.39, 0.29) is 18.1 Å². The van der Waals surface area contributed by atoms with E-state index in [0.29, 0.717) is 11.8 Å². The first-order valence-electron chi connectivity index (χ1n) is 7.41. The number of benzene rings is 1. The van der Waals surface area contributed by atoms with Crippen molar-refractivity contribution >= 4 is 16.1 Å². The van der Waals surface area contributed by atoms with Crippen LogP contribution in [0.25, 0.3) is 0 Å². The molecule has 2 rings (SSSR count). The molecule has 27 heavy (non-hydrogen) atoms. The van der Waals surface area contributed by atoms with E-state index in [0.717, 1.165) is 6.07 Å². The molecule has 0 fully saturated rings. The molecule has 0 bridgehead atoms. The minimum atomic E-state index is -5.94. The number of nitrogens with zero attached hydrogens (tertiary/aromatic N) is 1. The first-order valence-corrected chi connectivity index (χ1v) is 8.82. The first-order chi connectivity index (χ1) is 12.5. The Morgan fingerprint density at radius 1 is 1.22 bits per heavy atom. The van der Waals surface area contributed by atoms with Crippen LogP contribution in [0.5, 0.6) is 11.5 Å². The quantitative estimate of drug-likeness (QED) is 0.558. The zero-order chi connectivity index (χ0) is 20.2. The van der Waals surface area contributed by atoms with E-state index in [1.165, 1.54) is 6.92 Å². The fraction of sp³-hybridized carbons (Fsp3) is 0.250. The molecule has 0 spiro atoms. The van der Waals surface area contributed by atoms with E-state index >= 15 is 0 Å². The molecule has 0 radical (unpaired) electrons. The van der Waals surface area contributed by atoms with Gasteiger partial charge in [0.15, 0.2) is 5.75 Å². The van der Waals surface area contributed by atoms with Gasteiger partial charge in [-0.05, 0) is 12.5 Å². The van der Waals surface area contributed by atoms with Crippen LogP contribution in [-0.4, -0.2) is 30.0 Å². The summed E-state index contributed by atoms with van der Waals surface area (Å²) in [5.41, 5.74) is -5.04. The summed E-state index contributed by atoms with van der Waals surface area (Å²) in [7, 11) is -5.94. The number of ether oxygens (including phenoxy) is 1. The molecule has 1 atom stereocenters. The van der Waals surface area contributed by atoms with Crippen molar-refractivity contribution in [1.82, 2.24) is 4.98 Å². The van der Waals surface area contributed by atoms with Crippen LogP contribution in [-0.2, 0) is 21.5 Å². The van der Waals surface area contributed by atoms with Crippen LogP contribution in [0.2, 0.25) is 0 Å². The number of carboxylic acids is 1. The molecule has 146 valence electrons. The maximum atomic E-state index is 12.6. The minimum Gasteiger partial charge on any atom is -0.485 e. The number of carboxylic acid groups (broad SMARTS) is 1. The van der Waals surface area contributed by atoms with Crippen LogP contribution in [0.15, 0.2) is 42.6 Å². The van der Waals surface area contributed by atoms with Crippen LogP contribution in [0, 0.1) is 0 Å². The van der Waals surface area contributed by atoms with Crippen molar-refractivity contribution in [2.75, 3.05) is 0 Å². The fourth-order valence-electron chi connectivity index (χ4n) is 1.88. The lowest BCUT2D eigenvalue weighted by Gasteiger charge is -2.15. The van der Waals surface area contributed by atoms with Gasteiger partial charge in [-0.2, -0.15) is 21.6 Å². The average Bonchev–Trinajstić information content (AvgIpc) is 2.59. The standard InChI is InChI=1S/C16H14F3NO6S/c1-10(15(21)22)12-7-13(25-9-11-5-3-2-4-6-11)14(8-20-12)26-27(23,24)16(17,18)19/h2-8,10H,9H2,1H3,(H,21,22). The molecule has 0 aliphatic heterocycles. The molecule has 1 aromatic heterocycles. The van der Waals surface area contributed by atoms with Crippen molar-refractivity contribution in [3.63, 3.8) is 0 Å². The fourth-order valence-corrected chi connectivity index (χ4v) is 2.33. The van der Waals surface area contributed by atoms with Crippen LogP contribution < -0.4 is 8.92 Å². The van der Waals surface area contributed by atoms with E-state index in [9.17, 15) is 26.4 Å². The summed E-state index contributed by atoms with van der Waals surface area (Å²) in [5, 5.41) is 9.04. The van der Waals surface area contributed by atoms with Crippen molar-refractivity contribution in [3.8, 4) is 11.5 Å². The number of carbonyl (C=O) groups is 1. The summed E-state index contributed by atoms with van der Waals surface area (Å²) in [6, 6.07) is 9.53. The molecule has 11 heteroatoms. The second kappa shape index (κ2) is 7.82. The van der Waals surface area contributed by atoms with Gasteiger partial charge in [-0.3, -0.25) is 9.78 Å². The molecule has 0 aliphatic carbocycles. The lowest BCUT2D eigenvalue weighted by atomic mass is 10.1. The minimum absolute atomic E-state index is 0.0395. The van der Waals surface area contributed by atoms with Crippen molar-refractivity contribution in [1.29, 1.82) is 0 Å². The monoisotopic (exact) mass is 405 g/mol. The SMILES string of the molecule is CC(C(=O)O)c1cc(OCc2ccccc2)c(OS(=O)(=O)C(F)(F)F)cn1. The van der Waals surface area contributed by atoms with Gasteiger partial charge in [-0.1, -0.05) is 30.3 Å². The Labute approximate surface area is 152 Å². The molecule has 0 saturated carbocycles. The maximum absolute atomic E-state index is 12.6. The molecule has 1 aromatic carbocycles. The zero-order valence-corrected chi connectivity index (χ0v) is 14.6. The second-order valence-corrected chi connectivity index (χ2v) is 6.91. The van der Waals surface area contributed by atoms with Gasteiger partial charge in [-0.15, -0.1) is 0 Å². The normalized spacial score (nSPS) is 13.0. The predicted molar refractivity (Wildman–Crippen MR) is 86.7 cm³/mol. The summed E-state index contributed by atoms with van der Waals surface area (Å²) >= 11 is 0. The lowest BCUT2D eigenvalue weighted by Crippen LogP contribution is -2.28. The molecule has 7 nitrogen and oxygen atoms in total. The number of aliphatic carboxylic acids is 1. The van der Waals surface area contributed by atoms with Crippen LogP contribution in [0.3, 0.4) is 0 Å². The van der Waals surface area contributed by atoms with Gasteiger partial charge < -0.3 is 14.0 Å². The lowest BCUT2D eigenvalue weighted by molar-refractivity contribution is -0.138. The van der Waals surface area contributed by atoms with Gasteiger partial charge in [0.2, 0.25) is 5.75 Å². The molecular formula is C16H14F3NO6S. The Bertz CT molecular complexity index is 915. The summed E-state index contributed by atoms with van der Waals surface area (Å²) < 4.78 is 69.6. The zero-order valence-electron chi connectivity index (χ0n) is 13.8. The maximum Gasteiger partial charge on any atom is 0.534 e. The topological polar surface area (TPSA) is 103 Å². The summed E-state index contributed by atoms with van der Waals surface area (Å²) in [4.78, 5) is 14.7. The number of halogens is 3. The van der Waals surface area contributed by atoms with Crippen molar-refractivity contribution in [2.45, 2.75) is 25.0 Å². The van der Waals surface area contributed by atoms with Gasteiger partial charge in [-0.25, -0.2) is 0 Å². The Morgan fingerprint density at radius 3 is 2.41 bits per heavy atom. The average molecular weight is 405 g/mol. The van der Waals surface area contributed by atoms with E-state index in [4.69, 9.17) is 9.84 Å². The number of rotatable bonds is 7. The molecule has 0 saturated heterocycles. The highest BCUT2D eigenvalue weighted by molar-refractivity contribution is 7.88. The third-order valence-corrected chi connectivity index (χ3v) is 4.35. The molecule has 0 amide bonds. The Morgan fingerprint density at radius 2 is 1.85 bits per heavy atom. The van der Waals surface area contributed by atoms with Crippen molar-refractivity contribution in [2.24, 2.45) is 0 Å². The van der Waals surface area contributed by atoms with Crippen molar-refractivity contribution in [3.05, 3.63) is 53.9 Å². The smallest absolute Gasteiger partial charge is 0.485 e. The van der Waals surface area contributed by atoms with Gasteiger partial charge in [0.05, 0.1) is 17.8 Å². The molecule has 1 unspecified atom stereocenters. The number of pyridine rings is 1.